The number of aryl methyl sites for hydroxylation is 1. The van der Waals surface area contributed by atoms with Crippen LogP contribution in [-0.4, -0.2) is 38.0 Å². The number of carbonyl (C=O) groups excluding carboxylic acids is 1. The Bertz CT molecular complexity index is 476. The number of carbonyl (C=O) groups is 1. The van der Waals surface area contributed by atoms with Gasteiger partial charge >= 0.3 is 0 Å². The molecule has 2 aliphatic rings. The molecule has 19 heavy (non-hydrogen) atoms. The Morgan fingerprint density at radius 2 is 2.21 bits per heavy atom. The first-order valence-corrected chi connectivity index (χ1v) is 8.06. The van der Waals surface area contributed by atoms with Crippen molar-refractivity contribution in [3.8, 4) is 0 Å². The van der Waals surface area contributed by atoms with Gasteiger partial charge in [0.1, 0.15) is 0 Å². The molecule has 1 fully saturated rings. The van der Waals surface area contributed by atoms with Crippen LogP contribution < -0.4 is 4.90 Å². The Morgan fingerprint density at radius 3 is 2.89 bits per heavy atom. The minimum Gasteiger partial charge on any atom is -0.363 e. The van der Waals surface area contributed by atoms with Crippen LogP contribution in [0.5, 0.6) is 0 Å². The first-order valence-electron chi connectivity index (χ1n) is 7.24. The summed E-state index contributed by atoms with van der Waals surface area (Å²) in [6.45, 7) is 2.36. The summed E-state index contributed by atoms with van der Waals surface area (Å²) in [5.74, 6) is 1.05. The maximum Gasteiger partial charge on any atom is 0.263 e. The van der Waals surface area contributed by atoms with Gasteiger partial charge in [0.15, 0.2) is 0 Å². The van der Waals surface area contributed by atoms with Crippen molar-refractivity contribution in [1.29, 1.82) is 0 Å². The lowest BCUT2D eigenvalue weighted by Crippen LogP contribution is -2.25. The number of thiophene rings is 1. The van der Waals surface area contributed by atoms with Crippen molar-refractivity contribution < 1.29 is 4.79 Å². The van der Waals surface area contributed by atoms with E-state index in [1.165, 1.54) is 49.3 Å². The topological polar surface area (TPSA) is 23.6 Å². The van der Waals surface area contributed by atoms with Crippen LogP contribution in [-0.2, 0) is 6.42 Å². The second-order valence-corrected chi connectivity index (χ2v) is 7.02. The Hall–Kier alpha value is -1.03. The van der Waals surface area contributed by atoms with E-state index in [2.05, 4.69) is 11.0 Å². The van der Waals surface area contributed by atoms with Crippen molar-refractivity contribution in [3.63, 3.8) is 0 Å². The molecule has 2 heterocycles. The third-order valence-electron chi connectivity index (χ3n) is 3.99. The number of fused-ring (bicyclic) bond motifs is 1. The Balaban J connectivity index is 1.86. The van der Waals surface area contributed by atoms with Crippen molar-refractivity contribution >= 4 is 22.2 Å². The quantitative estimate of drug-likeness (QED) is 0.848. The first-order chi connectivity index (χ1) is 9.15. The highest BCUT2D eigenvalue weighted by Crippen LogP contribution is 2.39. The Kier molecular flexibility index (Phi) is 3.52. The number of hydrogen-bond acceptors (Lipinski definition) is 3. The summed E-state index contributed by atoms with van der Waals surface area (Å²) in [7, 11) is 3.66. The van der Waals surface area contributed by atoms with E-state index in [1.807, 2.05) is 14.1 Å². The molecular weight excluding hydrogens is 256 g/mol. The fourth-order valence-electron chi connectivity index (χ4n) is 2.70. The van der Waals surface area contributed by atoms with E-state index in [-0.39, 0.29) is 5.91 Å². The highest BCUT2D eigenvalue weighted by Gasteiger charge is 2.28. The summed E-state index contributed by atoms with van der Waals surface area (Å²) in [5.41, 5.74) is 1.40. The number of hydrogen-bond donors (Lipinski definition) is 0. The van der Waals surface area contributed by atoms with Gasteiger partial charge in [-0.3, -0.25) is 4.79 Å². The fraction of sp³-hybridized carbons (Fsp3) is 0.667. The molecule has 1 aromatic rings. The third-order valence-corrected chi connectivity index (χ3v) is 5.22. The lowest BCUT2D eigenvalue weighted by molar-refractivity contribution is 0.0832. The summed E-state index contributed by atoms with van der Waals surface area (Å²) < 4.78 is 0. The van der Waals surface area contributed by atoms with Crippen LogP contribution in [0.3, 0.4) is 0 Å². The second-order valence-electron chi connectivity index (χ2n) is 5.99. The average molecular weight is 278 g/mol. The number of rotatable bonds is 3. The summed E-state index contributed by atoms with van der Waals surface area (Å²) in [4.78, 5) is 17.2. The molecular formula is C15H22N2OS. The molecule has 0 bridgehead atoms. The van der Waals surface area contributed by atoms with E-state index in [0.717, 1.165) is 17.2 Å². The number of nitrogens with zero attached hydrogens (tertiary/aromatic N) is 2. The van der Waals surface area contributed by atoms with Crippen LogP contribution in [0, 0.1) is 5.92 Å². The van der Waals surface area contributed by atoms with Crippen LogP contribution in [0.4, 0.5) is 5.00 Å². The summed E-state index contributed by atoms with van der Waals surface area (Å²) in [5, 5.41) is 1.37. The smallest absolute Gasteiger partial charge is 0.263 e. The molecule has 0 radical (unpaired) electrons. The normalized spacial score (nSPS) is 18.9. The molecule has 0 N–H and O–H groups in total. The monoisotopic (exact) mass is 278 g/mol. The van der Waals surface area contributed by atoms with Crippen molar-refractivity contribution in [3.05, 3.63) is 16.5 Å². The van der Waals surface area contributed by atoms with E-state index >= 15 is 0 Å². The second kappa shape index (κ2) is 5.16. The maximum absolute atomic E-state index is 12.1. The van der Waals surface area contributed by atoms with Crippen LogP contribution in [0.25, 0.3) is 0 Å². The Morgan fingerprint density at radius 1 is 1.42 bits per heavy atom. The van der Waals surface area contributed by atoms with Gasteiger partial charge in [0.05, 0.1) is 9.88 Å². The minimum atomic E-state index is 0.143. The summed E-state index contributed by atoms with van der Waals surface area (Å²) in [6, 6.07) is 2.13. The standard InChI is InChI=1S/C15H22N2OS/c1-16(2)14(18)13-9-12-5-3-4-8-17(15(12)19-13)10-11-6-7-11/h9,11H,3-8,10H2,1-2H3. The molecule has 0 saturated heterocycles. The van der Waals surface area contributed by atoms with Gasteiger partial charge < -0.3 is 9.80 Å². The molecule has 1 amide bonds. The van der Waals surface area contributed by atoms with Gasteiger partial charge in [-0.2, -0.15) is 0 Å². The molecule has 4 heteroatoms. The highest BCUT2D eigenvalue weighted by atomic mass is 32.1. The van der Waals surface area contributed by atoms with Gasteiger partial charge in [0.25, 0.3) is 5.91 Å². The van der Waals surface area contributed by atoms with Crippen molar-refractivity contribution in [2.45, 2.75) is 32.1 Å². The SMILES string of the molecule is CN(C)C(=O)c1cc2c(s1)N(CC1CC1)CCCC2. The van der Waals surface area contributed by atoms with Crippen LogP contribution in [0.15, 0.2) is 6.07 Å². The molecule has 1 aromatic heterocycles. The molecule has 0 unspecified atom stereocenters. The Labute approximate surface area is 119 Å². The van der Waals surface area contributed by atoms with E-state index in [0.29, 0.717) is 0 Å². The molecule has 3 nitrogen and oxygen atoms in total. The number of amides is 1. The van der Waals surface area contributed by atoms with Gasteiger partial charge in [0, 0.05) is 27.2 Å². The first kappa shape index (κ1) is 13.0. The lowest BCUT2D eigenvalue weighted by Gasteiger charge is -2.22. The van der Waals surface area contributed by atoms with Gasteiger partial charge in [-0.25, -0.2) is 0 Å². The van der Waals surface area contributed by atoms with E-state index in [9.17, 15) is 4.79 Å². The molecule has 0 aromatic carbocycles. The molecule has 3 rings (SSSR count). The van der Waals surface area contributed by atoms with Crippen LogP contribution in [0.1, 0.15) is 40.9 Å². The predicted octanol–water partition coefficient (Wildman–Crippen LogP) is 3.00. The predicted molar refractivity (Wildman–Crippen MR) is 80.2 cm³/mol. The third kappa shape index (κ3) is 2.78. The maximum atomic E-state index is 12.1. The average Bonchev–Trinajstić information content (AvgIpc) is 3.14. The van der Waals surface area contributed by atoms with Gasteiger partial charge in [-0.1, -0.05) is 0 Å². The molecule has 1 saturated carbocycles. The van der Waals surface area contributed by atoms with Gasteiger partial charge in [0.2, 0.25) is 0 Å². The zero-order valence-corrected chi connectivity index (χ0v) is 12.6. The molecule has 1 aliphatic heterocycles. The molecule has 1 aliphatic carbocycles. The molecule has 0 atom stereocenters. The molecule has 0 spiro atoms. The van der Waals surface area contributed by atoms with Crippen molar-refractivity contribution in [2.75, 3.05) is 32.1 Å². The van der Waals surface area contributed by atoms with E-state index in [4.69, 9.17) is 0 Å². The number of anilines is 1. The largest absolute Gasteiger partial charge is 0.363 e. The van der Waals surface area contributed by atoms with Crippen molar-refractivity contribution in [1.82, 2.24) is 4.90 Å². The van der Waals surface area contributed by atoms with Gasteiger partial charge in [-0.05, 0) is 49.7 Å². The van der Waals surface area contributed by atoms with Gasteiger partial charge in [-0.15, -0.1) is 11.3 Å². The summed E-state index contributed by atoms with van der Waals surface area (Å²) >= 11 is 1.70. The van der Waals surface area contributed by atoms with E-state index < -0.39 is 0 Å². The highest BCUT2D eigenvalue weighted by molar-refractivity contribution is 7.18. The lowest BCUT2D eigenvalue weighted by atomic mass is 10.1. The summed E-state index contributed by atoms with van der Waals surface area (Å²) in [6.07, 6.45) is 6.45. The molecule has 104 valence electrons. The van der Waals surface area contributed by atoms with Crippen LogP contribution in [0.2, 0.25) is 0 Å². The van der Waals surface area contributed by atoms with Crippen molar-refractivity contribution in [2.24, 2.45) is 5.92 Å². The fourth-order valence-corrected chi connectivity index (χ4v) is 3.96. The zero-order valence-electron chi connectivity index (χ0n) is 11.8. The minimum absolute atomic E-state index is 0.143. The van der Waals surface area contributed by atoms with E-state index in [1.54, 1.807) is 16.2 Å². The zero-order chi connectivity index (χ0) is 13.4. The van der Waals surface area contributed by atoms with Crippen LogP contribution >= 0.6 is 11.3 Å².